The monoisotopic (exact) mass is 400 g/mol. The molecular weight excluding hydrogens is 352 g/mol. The van der Waals surface area contributed by atoms with E-state index in [1.54, 1.807) is 0 Å². The van der Waals surface area contributed by atoms with Crippen molar-refractivity contribution >= 4 is 0 Å². The lowest BCUT2D eigenvalue weighted by Crippen LogP contribution is -2.51. The molecule has 0 amide bonds. The van der Waals surface area contributed by atoms with E-state index < -0.39 is 0 Å². The van der Waals surface area contributed by atoms with Gasteiger partial charge in [0, 0.05) is 6.61 Å². The van der Waals surface area contributed by atoms with Crippen LogP contribution in [0.25, 0.3) is 0 Å². The van der Waals surface area contributed by atoms with E-state index in [0.717, 1.165) is 47.3 Å². The summed E-state index contributed by atoms with van der Waals surface area (Å²) in [6, 6.07) is 0. The molecule has 0 bridgehead atoms. The van der Waals surface area contributed by atoms with Crippen LogP contribution in [0.2, 0.25) is 0 Å². The maximum Gasteiger partial charge on any atom is 0.0462 e. The van der Waals surface area contributed by atoms with Gasteiger partial charge in [-0.3, -0.25) is 0 Å². The van der Waals surface area contributed by atoms with Gasteiger partial charge in [0.1, 0.15) is 0 Å². The van der Waals surface area contributed by atoms with Crippen molar-refractivity contribution in [3.8, 4) is 0 Å². The molecule has 1 heteroatoms. The molecule has 1 N–H and O–H groups in total. The molecule has 0 heterocycles. The molecule has 0 radical (unpaired) electrons. The van der Waals surface area contributed by atoms with Gasteiger partial charge in [-0.05, 0) is 109 Å². The number of hydrogen-bond donors (Lipinski definition) is 1. The van der Waals surface area contributed by atoms with Crippen LogP contribution in [0.4, 0.5) is 0 Å². The van der Waals surface area contributed by atoms with E-state index in [9.17, 15) is 5.11 Å². The summed E-state index contributed by atoms with van der Waals surface area (Å²) in [4.78, 5) is 0. The van der Waals surface area contributed by atoms with Crippen molar-refractivity contribution in [2.75, 3.05) is 6.61 Å². The highest BCUT2D eigenvalue weighted by Crippen LogP contribution is 2.68. The van der Waals surface area contributed by atoms with Gasteiger partial charge in [0.05, 0.1) is 0 Å². The van der Waals surface area contributed by atoms with Gasteiger partial charge in [0.15, 0.2) is 0 Å². The molecule has 0 saturated heterocycles. The third kappa shape index (κ3) is 3.46. The molecule has 3 saturated carbocycles. The van der Waals surface area contributed by atoms with Crippen LogP contribution in [0.15, 0.2) is 12.2 Å². The summed E-state index contributed by atoms with van der Waals surface area (Å²) in [5.41, 5.74) is 1.00. The summed E-state index contributed by atoms with van der Waals surface area (Å²) in [7, 11) is 0. The normalized spacial score (nSPS) is 48.3. The van der Waals surface area contributed by atoms with Crippen LogP contribution in [0, 0.1) is 64.1 Å². The van der Waals surface area contributed by atoms with Crippen LogP contribution in [0.5, 0.6) is 0 Å². The molecule has 1 nitrogen and oxygen atoms in total. The minimum Gasteiger partial charge on any atom is -0.396 e. The predicted octanol–water partition coefficient (Wildman–Crippen LogP) is 7.35. The summed E-state index contributed by atoms with van der Waals surface area (Å²) >= 11 is 0. The molecule has 0 aromatic rings. The molecule has 0 spiro atoms. The maximum atomic E-state index is 9.91. The van der Waals surface area contributed by atoms with Crippen LogP contribution in [0.1, 0.15) is 92.9 Å². The topological polar surface area (TPSA) is 20.2 Å². The van der Waals surface area contributed by atoms with E-state index in [4.69, 9.17) is 0 Å². The van der Waals surface area contributed by atoms with Gasteiger partial charge in [0.2, 0.25) is 0 Å². The van der Waals surface area contributed by atoms with Crippen LogP contribution in [0.3, 0.4) is 0 Å². The first-order valence-electron chi connectivity index (χ1n) is 13.0. The summed E-state index contributed by atoms with van der Waals surface area (Å²) in [5, 5.41) is 9.91. The largest absolute Gasteiger partial charge is 0.396 e. The average Bonchev–Trinajstić information content (AvgIpc) is 3.22. The fourth-order valence-electron chi connectivity index (χ4n) is 8.91. The van der Waals surface area contributed by atoms with Crippen LogP contribution in [-0.4, -0.2) is 11.7 Å². The van der Waals surface area contributed by atoms with E-state index in [-0.39, 0.29) is 0 Å². The van der Waals surface area contributed by atoms with Crippen molar-refractivity contribution < 1.29 is 5.11 Å². The molecule has 4 rings (SSSR count). The lowest BCUT2D eigenvalue weighted by molar-refractivity contribution is -0.0901. The van der Waals surface area contributed by atoms with Gasteiger partial charge in [-0.15, -0.1) is 0 Å². The minimum atomic E-state index is 0.424. The molecule has 0 aromatic heterocycles. The molecule has 3 fully saturated rings. The highest BCUT2D eigenvalue weighted by molar-refractivity contribution is 5.20. The van der Waals surface area contributed by atoms with E-state index in [1.165, 1.54) is 51.4 Å². The van der Waals surface area contributed by atoms with Crippen LogP contribution >= 0.6 is 0 Å². The minimum absolute atomic E-state index is 0.424. The van der Waals surface area contributed by atoms with Gasteiger partial charge in [0.25, 0.3) is 0 Å². The molecule has 0 aliphatic heterocycles. The van der Waals surface area contributed by atoms with E-state index >= 15 is 0 Å². The lowest BCUT2D eigenvalue weighted by atomic mass is 9.46. The van der Waals surface area contributed by atoms with Crippen molar-refractivity contribution in [3.63, 3.8) is 0 Å². The summed E-state index contributed by atoms with van der Waals surface area (Å²) in [5.74, 6) is 7.24. The zero-order valence-electron chi connectivity index (χ0n) is 20.2. The first kappa shape index (κ1) is 21.9. The molecule has 29 heavy (non-hydrogen) atoms. The highest BCUT2D eigenvalue weighted by Gasteiger charge is 2.60. The van der Waals surface area contributed by atoms with Crippen molar-refractivity contribution in [2.24, 2.45) is 64.1 Å². The SMILES string of the molecule is CC(C)[C@H](C)CC[C@@H](C)[C@H]1C=C[C@H]2[C@@H]3CC[C@H]4[C@@H](CO)CC[C@]4(C)[C@H]3CC[C@]12C. The molecular formula is C28H48O. The molecule has 4 aliphatic rings. The fraction of sp³-hybridized carbons (Fsp3) is 0.929. The second-order valence-corrected chi connectivity index (χ2v) is 12.7. The first-order chi connectivity index (χ1) is 13.7. The van der Waals surface area contributed by atoms with E-state index in [0.29, 0.717) is 23.4 Å². The number of fused-ring (bicyclic) bond motifs is 5. The third-order valence-corrected chi connectivity index (χ3v) is 11.2. The molecule has 166 valence electrons. The Hall–Kier alpha value is -0.300. The van der Waals surface area contributed by atoms with Gasteiger partial charge in [-0.1, -0.05) is 60.1 Å². The Kier molecular flexibility index (Phi) is 6.04. The van der Waals surface area contributed by atoms with E-state index in [2.05, 4.69) is 53.7 Å². The predicted molar refractivity (Wildman–Crippen MR) is 123 cm³/mol. The van der Waals surface area contributed by atoms with E-state index in [1.807, 2.05) is 0 Å². The quantitative estimate of drug-likeness (QED) is 0.462. The Morgan fingerprint density at radius 2 is 1.59 bits per heavy atom. The van der Waals surface area contributed by atoms with Gasteiger partial charge in [-0.25, -0.2) is 0 Å². The first-order valence-corrected chi connectivity index (χ1v) is 13.0. The Bertz CT molecular complexity index is 607. The lowest BCUT2D eigenvalue weighted by Gasteiger charge is -2.58. The second kappa shape index (κ2) is 7.99. The standard InChI is InChI=1S/C28H48O/c1-18(2)19(3)7-8-20(4)23-11-12-25-22-9-10-24-21(17-29)13-15-28(24,6)26(22)14-16-27(23,25)5/h11-12,18-26,29H,7-10,13-17H2,1-6H3/t19-,20-,21-,22+,23-,24+,25+,26+,27-,28+/m1/s1. The van der Waals surface area contributed by atoms with Crippen molar-refractivity contribution in [3.05, 3.63) is 12.2 Å². The van der Waals surface area contributed by atoms with Crippen LogP contribution < -0.4 is 0 Å². The molecule has 4 aliphatic carbocycles. The van der Waals surface area contributed by atoms with Crippen molar-refractivity contribution in [1.29, 1.82) is 0 Å². The van der Waals surface area contributed by atoms with Crippen molar-refractivity contribution in [2.45, 2.75) is 92.9 Å². The second-order valence-electron chi connectivity index (χ2n) is 12.7. The number of allylic oxidation sites excluding steroid dienone is 2. The Morgan fingerprint density at radius 3 is 2.28 bits per heavy atom. The number of aliphatic hydroxyl groups excluding tert-OH is 1. The Morgan fingerprint density at radius 1 is 0.862 bits per heavy atom. The summed E-state index contributed by atoms with van der Waals surface area (Å²) in [6.45, 7) is 15.4. The zero-order valence-corrected chi connectivity index (χ0v) is 20.2. The number of hydrogen-bond acceptors (Lipinski definition) is 1. The number of aliphatic hydroxyl groups is 1. The molecule has 0 aromatic carbocycles. The van der Waals surface area contributed by atoms with Gasteiger partial charge in [-0.2, -0.15) is 0 Å². The number of rotatable bonds is 6. The highest BCUT2D eigenvalue weighted by atomic mass is 16.3. The van der Waals surface area contributed by atoms with Gasteiger partial charge >= 0.3 is 0 Å². The van der Waals surface area contributed by atoms with Gasteiger partial charge < -0.3 is 5.11 Å². The maximum absolute atomic E-state index is 9.91. The van der Waals surface area contributed by atoms with Crippen LogP contribution in [-0.2, 0) is 0 Å². The molecule has 10 atom stereocenters. The Balaban J connectivity index is 1.47. The average molecular weight is 401 g/mol. The zero-order chi connectivity index (χ0) is 21.0. The summed E-state index contributed by atoms with van der Waals surface area (Å²) < 4.78 is 0. The smallest absolute Gasteiger partial charge is 0.0462 e. The molecule has 0 unspecified atom stereocenters. The fourth-order valence-corrected chi connectivity index (χ4v) is 8.91. The summed E-state index contributed by atoms with van der Waals surface area (Å²) in [6.07, 6.45) is 16.4. The Labute approximate surface area is 181 Å². The third-order valence-electron chi connectivity index (χ3n) is 11.2. The van der Waals surface area contributed by atoms with Crippen molar-refractivity contribution in [1.82, 2.24) is 0 Å².